The molecule has 2 N–H and O–H groups in total. The zero-order chi connectivity index (χ0) is 23.0. The Morgan fingerprint density at radius 2 is 1.06 bits per heavy atom. The zero-order valence-corrected chi connectivity index (χ0v) is 21.0. The third kappa shape index (κ3) is 24.5. The minimum Gasteiger partial charge on any atom is -0.464 e. The Hall–Kier alpha value is -0.000000000000000187. The van der Waals surface area contributed by atoms with E-state index in [1.165, 1.54) is 47.0 Å². The number of hydrogen-bond acceptors (Lipinski definition) is 15. The van der Waals surface area contributed by atoms with Crippen molar-refractivity contribution >= 4 is 76.7 Å². The number of carbonyl (C=O) groups excluding carboxylic acids is 3. The Morgan fingerprint density at radius 3 is 1.65 bits per heavy atom. The first-order chi connectivity index (χ1) is 15.1. The lowest BCUT2D eigenvalue weighted by atomic mass is 10.7. The van der Waals surface area contributed by atoms with Gasteiger partial charge in [-0.1, -0.05) is 11.8 Å². The van der Waals surface area contributed by atoms with Gasteiger partial charge in [-0.2, -0.15) is 0 Å². The van der Waals surface area contributed by atoms with E-state index in [1.54, 1.807) is 0 Å². The lowest BCUT2D eigenvalue weighted by Crippen LogP contribution is -2.13. The minimum absolute atomic E-state index is 0.00860. The molecule has 0 rings (SSSR count). The van der Waals surface area contributed by atoms with Gasteiger partial charge >= 0.3 is 17.9 Å². The molecule has 0 aromatic heterocycles. The summed E-state index contributed by atoms with van der Waals surface area (Å²) in [4.78, 5) is 44.1. The molecule has 0 amide bonds. The summed E-state index contributed by atoms with van der Waals surface area (Å²) in [7, 11) is 0. The average molecular weight is 541 g/mol. The maximum absolute atomic E-state index is 11.5. The Morgan fingerprint density at radius 1 is 0.548 bits per heavy atom. The maximum Gasteiger partial charge on any atom is 0.316 e. The smallest absolute Gasteiger partial charge is 0.316 e. The first-order valence-electron chi connectivity index (χ1n) is 8.91. The van der Waals surface area contributed by atoms with E-state index in [-0.39, 0.29) is 60.2 Å². The van der Waals surface area contributed by atoms with E-state index in [2.05, 4.69) is 0 Å². The number of esters is 3. The molecule has 0 radical (unpaired) electrons. The van der Waals surface area contributed by atoms with Crippen LogP contribution in [0.1, 0.15) is 0 Å². The molecule has 0 saturated carbocycles. The molecule has 15 heteroatoms. The second kappa shape index (κ2) is 24.6. The van der Waals surface area contributed by atoms with Gasteiger partial charge in [-0.15, -0.1) is 47.0 Å². The van der Waals surface area contributed by atoms with Gasteiger partial charge < -0.3 is 24.4 Å². The van der Waals surface area contributed by atoms with E-state index in [4.69, 9.17) is 34.2 Å². The number of aliphatic hydroxyl groups is 2. The highest BCUT2D eigenvalue weighted by atomic mass is 32.2. The van der Waals surface area contributed by atoms with Gasteiger partial charge in [0.25, 0.3) is 0 Å². The Bertz CT molecular complexity index is 472. The quantitative estimate of drug-likeness (QED) is 0.0504. The summed E-state index contributed by atoms with van der Waals surface area (Å²) in [5.74, 6) is 1.06. The molecular weight excluding hydrogens is 513 g/mol. The topological polar surface area (TPSA) is 138 Å². The van der Waals surface area contributed by atoms with E-state index in [9.17, 15) is 14.4 Å². The Labute approximate surface area is 202 Å². The van der Waals surface area contributed by atoms with Gasteiger partial charge in [0.1, 0.15) is 25.1 Å². The van der Waals surface area contributed by atoms with Crippen molar-refractivity contribution in [2.45, 2.75) is 0 Å². The van der Waals surface area contributed by atoms with E-state index in [0.717, 1.165) is 11.8 Å². The van der Waals surface area contributed by atoms with Crippen LogP contribution < -0.4 is 0 Å². The normalized spacial score (nSPS) is 10.6. The average Bonchev–Trinajstić information content (AvgIpc) is 2.75. The lowest BCUT2D eigenvalue weighted by Gasteiger charge is -2.06. The Kier molecular flexibility index (Phi) is 24.6. The van der Waals surface area contributed by atoms with Crippen molar-refractivity contribution in [1.29, 1.82) is 0 Å². The van der Waals surface area contributed by atoms with E-state index in [0.29, 0.717) is 23.9 Å². The molecule has 0 spiro atoms. The summed E-state index contributed by atoms with van der Waals surface area (Å²) < 4.78 is 14.8. The highest BCUT2D eigenvalue weighted by molar-refractivity contribution is 8.00. The predicted octanol–water partition coefficient (Wildman–Crippen LogP) is 1.04. The molecule has 10 nitrogen and oxygen atoms in total. The van der Waals surface area contributed by atoms with Crippen LogP contribution in [0, 0.1) is 0 Å². The van der Waals surface area contributed by atoms with E-state index >= 15 is 0 Å². The van der Waals surface area contributed by atoms with E-state index < -0.39 is 11.9 Å². The number of ether oxygens (including phenoxy) is 3. The molecule has 0 fully saturated rings. The third-order valence-corrected chi connectivity index (χ3v) is 6.25. The van der Waals surface area contributed by atoms with Crippen LogP contribution >= 0.6 is 58.8 Å². The van der Waals surface area contributed by atoms with Crippen molar-refractivity contribution in [3.8, 4) is 0 Å². The SMILES string of the molecule is O=C(CSCCOOCSCOC(=O)CSCC(=O)OCCSCO)OCCSCO. The van der Waals surface area contributed by atoms with Crippen molar-refractivity contribution < 1.29 is 48.6 Å². The van der Waals surface area contributed by atoms with Crippen LogP contribution in [0.4, 0.5) is 0 Å². The highest BCUT2D eigenvalue weighted by Gasteiger charge is 2.08. The van der Waals surface area contributed by atoms with Crippen LogP contribution in [0.3, 0.4) is 0 Å². The van der Waals surface area contributed by atoms with Gasteiger partial charge in [-0.3, -0.25) is 14.4 Å². The first kappa shape index (κ1) is 31.0. The van der Waals surface area contributed by atoms with Crippen LogP contribution in [0.2, 0.25) is 0 Å². The molecule has 31 heavy (non-hydrogen) atoms. The van der Waals surface area contributed by atoms with Crippen molar-refractivity contribution in [1.82, 2.24) is 0 Å². The number of hydrogen-bond donors (Lipinski definition) is 2. The molecule has 0 saturated heterocycles. The lowest BCUT2D eigenvalue weighted by molar-refractivity contribution is -0.274. The largest absolute Gasteiger partial charge is 0.464 e. The van der Waals surface area contributed by atoms with Gasteiger partial charge in [0.05, 0.1) is 35.7 Å². The molecule has 0 aliphatic carbocycles. The molecule has 0 aliphatic heterocycles. The van der Waals surface area contributed by atoms with Crippen LogP contribution in [0.5, 0.6) is 0 Å². The molecule has 0 aromatic rings. The number of aliphatic hydroxyl groups excluding tert-OH is 2. The number of thioether (sulfide) groups is 5. The van der Waals surface area contributed by atoms with Gasteiger partial charge in [0, 0.05) is 17.3 Å². The van der Waals surface area contributed by atoms with Crippen LogP contribution in [0.25, 0.3) is 0 Å². The summed E-state index contributed by atoms with van der Waals surface area (Å²) in [6.45, 7) is 0.803. The summed E-state index contributed by atoms with van der Waals surface area (Å²) in [5, 5.41) is 17.2. The molecule has 0 unspecified atom stereocenters. The molecule has 0 atom stereocenters. The fraction of sp³-hybridized carbons (Fsp3) is 0.812. The summed E-state index contributed by atoms with van der Waals surface area (Å²) in [6.07, 6.45) is 0. The first-order valence-corrected chi connectivity index (χ1v) is 14.7. The second-order valence-electron chi connectivity index (χ2n) is 4.96. The zero-order valence-electron chi connectivity index (χ0n) is 16.9. The number of carbonyl (C=O) groups is 3. The maximum atomic E-state index is 11.5. The second-order valence-corrected chi connectivity index (χ2v) is 10.1. The monoisotopic (exact) mass is 540 g/mol. The molecule has 182 valence electrons. The fourth-order valence-electron chi connectivity index (χ4n) is 1.42. The Balaban J connectivity index is 3.33. The van der Waals surface area contributed by atoms with Crippen molar-refractivity contribution in [2.75, 3.05) is 78.1 Å². The fourth-order valence-corrected chi connectivity index (χ4v) is 3.68. The number of rotatable bonds is 22. The van der Waals surface area contributed by atoms with Crippen molar-refractivity contribution in [3.63, 3.8) is 0 Å². The molecule has 0 aromatic carbocycles. The van der Waals surface area contributed by atoms with Gasteiger partial charge in [0.2, 0.25) is 0 Å². The third-order valence-electron chi connectivity index (χ3n) is 2.65. The van der Waals surface area contributed by atoms with Gasteiger partial charge in [-0.25, -0.2) is 9.78 Å². The van der Waals surface area contributed by atoms with E-state index in [1.807, 2.05) is 0 Å². The minimum atomic E-state index is -0.444. The van der Waals surface area contributed by atoms with Crippen molar-refractivity contribution in [2.24, 2.45) is 0 Å². The van der Waals surface area contributed by atoms with Crippen LogP contribution in [0.15, 0.2) is 0 Å². The molecular formula is C16H28O10S5. The van der Waals surface area contributed by atoms with Crippen LogP contribution in [-0.4, -0.2) is 106 Å². The summed E-state index contributed by atoms with van der Waals surface area (Å²) in [6, 6.07) is 0. The van der Waals surface area contributed by atoms with Gasteiger partial charge in [0.15, 0.2) is 0 Å². The molecule has 0 heterocycles. The molecule has 0 bridgehead atoms. The highest BCUT2D eigenvalue weighted by Crippen LogP contribution is 2.07. The molecule has 0 aliphatic rings. The standard InChI is InChI=1S/C16H28O10S5/c17-10-28-4-1-22-14(19)7-27-6-3-25-26-13-31-12-24-16(21)9-30-8-15(20)23-2-5-29-11-18/h17-18H,1-13H2. The predicted molar refractivity (Wildman–Crippen MR) is 126 cm³/mol. The van der Waals surface area contributed by atoms with Crippen molar-refractivity contribution in [3.05, 3.63) is 0 Å². The summed E-state index contributed by atoms with van der Waals surface area (Å²) in [5.41, 5.74) is 0. The van der Waals surface area contributed by atoms with Crippen LogP contribution in [-0.2, 0) is 38.4 Å². The van der Waals surface area contributed by atoms with Gasteiger partial charge in [-0.05, 0) is 0 Å². The summed E-state index contributed by atoms with van der Waals surface area (Å²) >= 11 is 6.20.